The zero-order valence-electron chi connectivity index (χ0n) is 10.6. The largest absolute Gasteiger partial charge is 0.337 e. The molecule has 1 atom stereocenters. The Morgan fingerprint density at radius 2 is 2.29 bits per heavy atom. The van der Waals surface area contributed by atoms with Crippen molar-refractivity contribution in [1.29, 1.82) is 0 Å². The van der Waals surface area contributed by atoms with Gasteiger partial charge >= 0.3 is 0 Å². The standard InChI is InChI=1S/C14H20N2O/c1-11-5-3-6-13(9-11)14(17)16-8-4-7-15-12(2)10-16/h3,5-6,9,12,15H,4,7-8,10H2,1-2H3. The number of carbonyl (C=O) groups excluding carboxylic acids is 1. The minimum Gasteiger partial charge on any atom is -0.337 e. The van der Waals surface area contributed by atoms with Gasteiger partial charge in [-0.15, -0.1) is 0 Å². The lowest BCUT2D eigenvalue weighted by Crippen LogP contribution is -2.38. The summed E-state index contributed by atoms with van der Waals surface area (Å²) in [5, 5.41) is 3.40. The zero-order chi connectivity index (χ0) is 12.3. The SMILES string of the molecule is Cc1cccc(C(=O)N2CCCNC(C)C2)c1. The molecule has 1 aliphatic rings. The average Bonchev–Trinajstić information content (AvgIpc) is 2.53. The Hall–Kier alpha value is -1.35. The Balaban J connectivity index is 2.13. The van der Waals surface area contributed by atoms with Crippen LogP contribution in [0.15, 0.2) is 24.3 Å². The van der Waals surface area contributed by atoms with E-state index >= 15 is 0 Å². The molecule has 0 aromatic heterocycles. The molecule has 0 bridgehead atoms. The lowest BCUT2D eigenvalue weighted by atomic mass is 10.1. The lowest BCUT2D eigenvalue weighted by molar-refractivity contribution is 0.0755. The van der Waals surface area contributed by atoms with E-state index in [1.807, 2.05) is 36.1 Å². The molecule has 17 heavy (non-hydrogen) atoms. The summed E-state index contributed by atoms with van der Waals surface area (Å²) in [5.41, 5.74) is 1.94. The predicted octanol–water partition coefficient (Wildman–Crippen LogP) is 1.82. The van der Waals surface area contributed by atoms with E-state index in [9.17, 15) is 4.79 Å². The predicted molar refractivity (Wildman–Crippen MR) is 69.2 cm³/mol. The summed E-state index contributed by atoms with van der Waals surface area (Å²) in [4.78, 5) is 14.3. The fourth-order valence-electron chi connectivity index (χ4n) is 2.25. The van der Waals surface area contributed by atoms with Crippen molar-refractivity contribution in [3.05, 3.63) is 35.4 Å². The fourth-order valence-corrected chi connectivity index (χ4v) is 2.25. The van der Waals surface area contributed by atoms with Gasteiger partial charge in [0, 0.05) is 24.7 Å². The zero-order valence-corrected chi connectivity index (χ0v) is 10.6. The average molecular weight is 232 g/mol. The van der Waals surface area contributed by atoms with Gasteiger partial charge in [0.1, 0.15) is 0 Å². The van der Waals surface area contributed by atoms with Gasteiger partial charge in [-0.3, -0.25) is 4.79 Å². The molecule has 92 valence electrons. The first kappa shape index (κ1) is 12.1. The smallest absolute Gasteiger partial charge is 0.253 e. The molecule has 1 aromatic rings. The Bertz CT molecular complexity index is 403. The van der Waals surface area contributed by atoms with E-state index in [1.165, 1.54) is 0 Å². The monoisotopic (exact) mass is 232 g/mol. The van der Waals surface area contributed by atoms with Gasteiger partial charge in [0.25, 0.3) is 5.91 Å². The number of nitrogens with one attached hydrogen (secondary N) is 1. The summed E-state index contributed by atoms with van der Waals surface area (Å²) in [5.74, 6) is 0.157. The van der Waals surface area contributed by atoms with Crippen LogP contribution in [0.1, 0.15) is 29.3 Å². The fraction of sp³-hybridized carbons (Fsp3) is 0.500. The highest BCUT2D eigenvalue weighted by Crippen LogP contribution is 2.10. The van der Waals surface area contributed by atoms with Crippen molar-refractivity contribution in [2.45, 2.75) is 26.3 Å². The van der Waals surface area contributed by atoms with Gasteiger partial charge in [-0.25, -0.2) is 0 Å². The van der Waals surface area contributed by atoms with Crippen molar-refractivity contribution in [3.63, 3.8) is 0 Å². The van der Waals surface area contributed by atoms with Gasteiger partial charge in [-0.05, 0) is 38.9 Å². The van der Waals surface area contributed by atoms with Crippen molar-refractivity contribution in [2.24, 2.45) is 0 Å². The van der Waals surface area contributed by atoms with Crippen LogP contribution in [0.5, 0.6) is 0 Å². The van der Waals surface area contributed by atoms with Crippen LogP contribution in [0, 0.1) is 6.92 Å². The van der Waals surface area contributed by atoms with Crippen LogP contribution in [0.2, 0.25) is 0 Å². The van der Waals surface area contributed by atoms with E-state index in [0.29, 0.717) is 6.04 Å². The molecule has 1 saturated heterocycles. The van der Waals surface area contributed by atoms with Crippen LogP contribution in [-0.4, -0.2) is 36.5 Å². The van der Waals surface area contributed by atoms with E-state index < -0.39 is 0 Å². The quantitative estimate of drug-likeness (QED) is 0.801. The van der Waals surface area contributed by atoms with Crippen molar-refractivity contribution in [2.75, 3.05) is 19.6 Å². The molecule has 0 aliphatic carbocycles. The first-order valence-corrected chi connectivity index (χ1v) is 6.26. The molecule has 3 heteroatoms. The maximum atomic E-state index is 12.3. The maximum Gasteiger partial charge on any atom is 0.253 e. The first-order chi connectivity index (χ1) is 8.16. The molecule has 1 N–H and O–H groups in total. The normalized spacial score (nSPS) is 21.1. The van der Waals surface area contributed by atoms with Gasteiger partial charge in [0.2, 0.25) is 0 Å². The Labute approximate surface area is 103 Å². The molecule has 1 aromatic carbocycles. The molecule has 1 heterocycles. The van der Waals surface area contributed by atoms with Gasteiger partial charge in [0.15, 0.2) is 0 Å². The number of aryl methyl sites for hydroxylation is 1. The molecule has 3 nitrogen and oxygen atoms in total. The molecule has 0 radical (unpaired) electrons. The highest BCUT2D eigenvalue weighted by atomic mass is 16.2. The highest BCUT2D eigenvalue weighted by molar-refractivity contribution is 5.94. The van der Waals surface area contributed by atoms with E-state index in [2.05, 4.69) is 12.2 Å². The molecule has 0 spiro atoms. The molecule has 0 saturated carbocycles. The third kappa shape index (κ3) is 3.07. The van der Waals surface area contributed by atoms with Crippen LogP contribution in [-0.2, 0) is 0 Å². The van der Waals surface area contributed by atoms with E-state index in [0.717, 1.165) is 37.2 Å². The highest BCUT2D eigenvalue weighted by Gasteiger charge is 2.20. The molecular weight excluding hydrogens is 212 g/mol. The number of benzene rings is 1. The van der Waals surface area contributed by atoms with E-state index in [1.54, 1.807) is 0 Å². The molecular formula is C14H20N2O. The van der Waals surface area contributed by atoms with Crippen LogP contribution in [0.3, 0.4) is 0 Å². The van der Waals surface area contributed by atoms with Crippen molar-refractivity contribution in [3.8, 4) is 0 Å². The Kier molecular flexibility index (Phi) is 3.79. The van der Waals surface area contributed by atoms with Crippen molar-refractivity contribution >= 4 is 5.91 Å². The van der Waals surface area contributed by atoms with Crippen LogP contribution in [0.4, 0.5) is 0 Å². The Morgan fingerprint density at radius 3 is 3.06 bits per heavy atom. The number of carbonyl (C=O) groups is 1. The van der Waals surface area contributed by atoms with Crippen molar-refractivity contribution < 1.29 is 4.79 Å². The summed E-state index contributed by atoms with van der Waals surface area (Å²) in [7, 11) is 0. The topological polar surface area (TPSA) is 32.3 Å². The lowest BCUT2D eigenvalue weighted by Gasteiger charge is -2.22. The van der Waals surface area contributed by atoms with E-state index in [-0.39, 0.29) is 5.91 Å². The summed E-state index contributed by atoms with van der Waals surface area (Å²) in [6.45, 7) is 6.79. The minimum atomic E-state index is 0.157. The Morgan fingerprint density at radius 1 is 1.47 bits per heavy atom. The van der Waals surface area contributed by atoms with Crippen LogP contribution < -0.4 is 5.32 Å². The second kappa shape index (κ2) is 5.32. The molecule has 1 aliphatic heterocycles. The second-order valence-electron chi connectivity index (χ2n) is 4.83. The summed E-state index contributed by atoms with van der Waals surface area (Å²) >= 11 is 0. The number of hydrogen-bond acceptors (Lipinski definition) is 2. The van der Waals surface area contributed by atoms with Crippen LogP contribution >= 0.6 is 0 Å². The van der Waals surface area contributed by atoms with Gasteiger partial charge in [-0.2, -0.15) is 0 Å². The number of hydrogen-bond donors (Lipinski definition) is 1. The minimum absolute atomic E-state index is 0.157. The summed E-state index contributed by atoms with van der Waals surface area (Å²) in [6, 6.07) is 8.21. The van der Waals surface area contributed by atoms with E-state index in [4.69, 9.17) is 0 Å². The van der Waals surface area contributed by atoms with Crippen LogP contribution in [0.25, 0.3) is 0 Å². The maximum absolute atomic E-state index is 12.3. The molecule has 1 amide bonds. The summed E-state index contributed by atoms with van der Waals surface area (Å²) in [6.07, 6.45) is 1.03. The van der Waals surface area contributed by atoms with Gasteiger partial charge in [0.05, 0.1) is 0 Å². The summed E-state index contributed by atoms with van der Waals surface area (Å²) < 4.78 is 0. The first-order valence-electron chi connectivity index (χ1n) is 6.26. The number of rotatable bonds is 1. The molecule has 1 fully saturated rings. The molecule has 2 rings (SSSR count). The van der Waals surface area contributed by atoms with Gasteiger partial charge in [-0.1, -0.05) is 17.7 Å². The van der Waals surface area contributed by atoms with Gasteiger partial charge < -0.3 is 10.2 Å². The number of amides is 1. The number of nitrogens with zero attached hydrogens (tertiary/aromatic N) is 1. The third-order valence-electron chi connectivity index (χ3n) is 3.14. The molecule has 1 unspecified atom stereocenters. The third-order valence-corrected chi connectivity index (χ3v) is 3.14. The second-order valence-corrected chi connectivity index (χ2v) is 4.83. The van der Waals surface area contributed by atoms with Crippen molar-refractivity contribution in [1.82, 2.24) is 10.2 Å².